The van der Waals surface area contributed by atoms with Crippen LogP contribution in [-0.4, -0.2) is 30.8 Å². The van der Waals surface area contributed by atoms with Gasteiger partial charge in [0.1, 0.15) is 11.5 Å². The Morgan fingerprint density at radius 2 is 2.08 bits per heavy atom. The molecule has 0 N–H and O–H groups in total. The minimum absolute atomic E-state index is 0.289. The first kappa shape index (κ1) is 16.8. The van der Waals surface area contributed by atoms with Crippen LogP contribution in [0.2, 0.25) is 0 Å². The highest BCUT2D eigenvalue weighted by Gasteiger charge is 2.30. The Balaban J connectivity index is 1.78. The molecule has 0 aliphatic carbocycles. The van der Waals surface area contributed by atoms with Crippen LogP contribution in [0.5, 0.6) is 11.5 Å². The van der Waals surface area contributed by atoms with Gasteiger partial charge >= 0.3 is 0 Å². The summed E-state index contributed by atoms with van der Waals surface area (Å²) in [5.41, 5.74) is 2.19. The molecule has 5 nitrogen and oxygen atoms in total. The molecule has 2 heterocycles. The third-order valence-electron chi connectivity index (χ3n) is 4.70. The molecule has 2 aromatic rings. The van der Waals surface area contributed by atoms with Gasteiger partial charge in [0.25, 0.3) is 0 Å². The van der Waals surface area contributed by atoms with E-state index in [0.717, 1.165) is 48.0 Å². The van der Waals surface area contributed by atoms with E-state index in [2.05, 4.69) is 36.0 Å². The van der Waals surface area contributed by atoms with Crippen molar-refractivity contribution in [3.8, 4) is 11.5 Å². The summed E-state index contributed by atoms with van der Waals surface area (Å²) in [5, 5.41) is 4.22. The lowest BCUT2D eigenvalue weighted by atomic mass is 10.1. The Morgan fingerprint density at radius 3 is 2.75 bits per heavy atom. The smallest absolute Gasteiger partial charge is 0.154 e. The van der Waals surface area contributed by atoms with Crippen molar-refractivity contribution < 1.29 is 14.0 Å². The van der Waals surface area contributed by atoms with E-state index in [0.29, 0.717) is 5.92 Å². The first-order valence-electron chi connectivity index (χ1n) is 8.53. The number of methoxy groups -OCH3 is 2. The fraction of sp³-hybridized carbons (Fsp3) is 0.526. The molecule has 1 aromatic carbocycles. The quantitative estimate of drug-likeness (QED) is 0.796. The van der Waals surface area contributed by atoms with E-state index in [1.165, 1.54) is 6.42 Å². The molecule has 0 bridgehead atoms. The maximum atomic E-state index is 5.63. The van der Waals surface area contributed by atoms with Crippen LogP contribution in [-0.2, 0) is 6.54 Å². The van der Waals surface area contributed by atoms with Gasteiger partial charge in [-0.2, -0.15) is 0 Å². The summed E-state index contributed by atoms with van der Waals surface area (Å²) in [4.78, 5) is 2.44. The zero-order valence-corrected chi connectivity index (χ0v) is 14.9. The summed E-state index contributed by atoms with van der Waals surface area (Å²) >= 11 is 0. The number of benzene rings is 1. The molecule has 0 amide bonds. The van der Waals surface area contributed by atoms with Crippen molar-refractivity contribution in [2.75, 3.05) is 20.8 Å². The van der Waals surface area contributed by atoms with Crippen molar-refractivity contribution in [3.63, 3.8) is 0 Å². The van der Waals surface area contributed by atoms with Crippen LogP contribution in [0.25, 0.3) is 0 Å². The molecule has 0 spiro atoms. The third kappa shape index (κ3) is 3.41. The molecule has 1 aliphatic rings. The Hall–Kier alpha value is -2.01. The number of rotatable bonds is 6. The zero-order valence-electron chi connectivity index (χ0n) is 14.9. The molecule has 1 saturated heterocycles. The van der Waals surface area contributed by atoms with Gasteiger partial charge in [-0.05, 0) is 31.4 Å². The summed E-state index contributed by atoms with van der Waals surface area (Å²) in [6, 6.07) is 8.39. The van der Waals surface area contributed by atoms with E-state index >= 15 is 0 Å². The molecule has 1 unspecified atom stereocenters. The topological polar surface area (TPSA) is 47.7 Å². The monoisotopic (exact) mass is 330 g/mol. The summed E-state index contributed by atoms with van der Waals surface area (Å²) in [5.74, 6) is 3.04. The molecule has 1 aliphatic heterocycles. The second-order valence-corrected chi connectivity index (χ2v) is 6.62. The molecular weight excluding hydrogens is 304 g/mol. The van der Waals surface area contributed by atoms with E-state index in [4.69, 9.17) is 14.0 Å². The van der Waals surface area contributed by atoms with E-state index in [9.17, 15) is 0 Å². The van der Waals surface area contributed by atoms with Crippen LogP contribution < -0.4 is 9.47 Å². The summed E-state index contributed by atoms with van der Waals surface area (Å²) < 4.78 is 16.4. The largest absolute Gasteiger partial charge is 0.497 e. The van der Waals surface area contributed by atoms with Crippen molar-refractivity contribution >= 4 is 0 Å². The number of aromatic nitrogens is 1. The van der Waals surface area contributed by atoms with Crippen LogP contribution in [0, 0.1) is 0 Å². The van der Waals surface area contributed by atoms with Gasteiger partial charge < -0.3 is 14.0 Å². The maximum absolute atomic E-state index is 5.63. The molecule has 1 atom stereocenters. The molecular formula is C19H26N2O3. The fourth-order valence-corrected chi connectivity index (χ4v) is 3.27. The van der Waals surface area contributed by atoms with Crippen LogP contribution in [0.1, 0.15) is 55.7 Å². The first-order valence-corrected chi connectivity index (χ1v) is 8.53. The normalized spacial score (nSPS) is 18.3. The van der Waals surface area contributed by atoms with E-state index in [-0.39, 0.29) is 6.04 Å². The van der Waals surface area contributed by atoms with Gasteiger partial charge in [-0.3, -0.25) is 4.90 Å². The van der Waals surface area contributed by atoms with Crippen molar-refractivity contribution in [1.29, 1.82) is 0 Å². The lowest BCUT2D eigenvalue weighted by Crippen LogP contribution is -2.22. The molecule has 0 radical (unpaired) electrons. The minimum atomic E-state index is 0.289. The molecule has 5 heteroatoms. The highest BCUT2D eigenvalue weighted by molar-refractivity contribution is 5.40. The Morgan fingerprint density at radius 1 is 1.25 bits per heavy atom. The van der Waals surface area contributed by atoms with Crippen molar-refractivity contribution in [1.82, 2.24) is 10.1 Å². The summed E-state index contributed by atoms with van der Waals surface area (Å²) in [7, 11) is 3.37. The van der Waals surface area contributed by atoms with Crippen LogP contribution in [0.3, 0.4) is 0 Å². The van der Waals surface area contributed by atoms with Gasteiger partial charge in [0.2, 0.25) is 0 Å². The van der Waals surface area contributed by atoms with E-state index in [1.807, 2.05) is 12.1 Å². The van der Waals surface area contributed by atoms with Gasteiger partial charge in [-0.15, -0.1) is 0 Å². The number of likely N-dealkylation sites (tertiary alicyclic amines) is 1. The Bertz CT molecular complexity index is 681. The Kier molecular flexibility index (Phi) is 5.09. The van der Waals surface area contributed by atoms with Crippen LogP contribution in [0.4, 0.5) is 0 Å². The number of hydrogen-bond acceptors (Lipinski definition) is 5. The van der Waals surface area contributed by atoms with Gasteiger partial charge in [-0.1, -0.05) is 25.1 Å². The van der Waals surface area contributed by atoms with Gasteiger partial charge in [-0.25, -0.2) is 0 Å². The van der Waals surface area contributed by atoms with Gasteiger partial charge in [0, 0.05) is 24.2 Å². The second-order valence-electron chi connectivity index (χ2n) is 6.62. The SMILES string of the molecule is COc1ccc(CN2CCCC2c2cc(C(C)C)no2)c(OC)c1. The van der Waals surface area contributed by atoms with Crippen molar-refractivity contribution in [2.45, 2.75) is 45.2 Å². The van der Waals surface area contributed by atoms with Gasteiger partial charge in [0.05, 0.1) is 26.0 Å². The predicted molar refractivity (Wildman–Crippen MR) is 92.5 cm³/mol. The summed E-state index contributed by atoms with van der Waals surface area (Å²) in [6.07, 6.45) is 2.27. The van der Waals surface area contributed by atoms with Gasteiger partial charge in [0.15, 0.2) is 5.76 Å². The average Bonchev–Trinajstić information content (AvgIpc) is 3.24. The van der Waals surface area contributed by atoms with Crippen molar-refractivity contribution in [2.24, 2.45) is 0 Å². The standard InChI is InChI=1S/C19H26N2O3/c1-13(2)16-11-19(24-20-16)17-6-5-9-21(17)12-14-7-8-15(22-3)10-18(14)23-4/h7-8,10-11,13,17H,5-6,9,12H2,1-4H3. The zero-order chi connectivity index (χ0) is 17.1. The molecule has 130 valence electrons. The van der Waals surface area contributed by atoms with E-state index in [1.54, 1.807) is 14.2 Å². The number of ether oxygens (including phenoxy) is 2. The number of hydrogen-bond donors (Lipinski definition) is 0. The van der Waals surface area contributed by atoms with Crippen molar-refractivity contribution in [3.05, 3.63) is 41.3 Å². The van der Waals surface area contributed by atoms with E-state index < -0.39 is 0 Å². The first-order chi connectivity index (χ1) is 11.6. The fourth-order valence-electron chi connectivity index (χ4n) is 3.27. The second kappa shape index (κ2) is 7.26. The van der Waals surface area contributed by atoms with Crippen LogP contribution >= 0.6 is 0 Å². The third-order valence-corrected chi connectivity index (χ3v) is 4.70. The molecule has 1 aromatic heterocycles. The predicted octanol–water partition coefficient (Wildman–Crippen LogP) is 4.15. The summed E-state index contributed by atoms with van der Waals surface area (Å²) in [6.45, 7) is 6.15. The molecule has 3 rings (SSSR count). The van der Waals surface area contributed by atoms with Crippen LogP contribution in [0.15, 0.2) is 28.8 Å². The highest BCUT2D eigenvalue weighted by atomic mass is 16.5. The minimum Gasteiger partial charge on any atom is -0.497 e. The maximum Gasteiger partial charge on any atom is 0.154 e. The average molecular weight is 330 g/mol. The lowest BCUT2D eigenvalue weighted by molar-refractivity contribution is 0.204. The Labute approximate surface area is 143 Å². The molecule has 24 heavy (non-hydrogen) atoms. The highest BCUT2D eigenvalue weighted by Crippen LogP contribution is 2.36. The molecule has 0 saturated carbocycles. The number of nitrogens with zero attached hydrogens (tertiary/aromatic N) is 2. The lowest BCUT2D eigenvalue weighted by Gasteiger charge is -2.23. The molecule has 1 fully saturated rings.